The Morgan fingerprint density at radius 2 is 1.90 bits per heavy atom. The normalized spacial score (nSPS) is 12.2. The Labute approximate surface area is 168 Å². The van der Waals surface area contributed by atoms with Crippen LogP contribution < -0.4 is 9.64 Å². The first-order valence-electron chi connectivity index (χ1n) is 9.29. The summed E-state index contributed by atoms with van der Waals surface area (Å²) in [6.45, 7) is 3.25. The number of anilines is 1. The molecule has 0 spiro atoms. The van der Waals surface area contributed by atoms with Gasteiger partial charge in [0.2, 0.25) is 5.91 Å². The lowest BCUT2D eigenvalue weighted by atomic mass is 10.1. The average Bonchev–Trinajstić information content (AvgIpc) is 3.12. The molecule has 0 fully saturated rings. The molecule has 1 aromatic rings. The fourth-order valence-corrected chi connectivity index (χ4v) is 2.97. The second-order valence-electron chi connectivity index (χ2n) is 6.45. The lowest BCUT2D eigenvalue weighted by molar-refractivity contribution is -0.148. The van der Waals surface area contributed by atoms with Gasteiger partial charge in [-0.2, -0.15) is 0 Å². The molecule has 0 saturated carbocycles. The van der Waals surface area contributed by atoms with E-state index in [1.807, 2.05) is 6.07 Å². The van der Waals surface area contributed by atoms with Gasteiger partial charge >= 0.3 is 11.9 Å². The number of rotatable bonds is 10. The van der Waals surface area contributed by atoms with E-state index in [4.69, 9.17) is 19.7 Å². The zero-order valence-electron chi connectivity index (χ0n) is 16.5. The van der Waals surface area contributed by atoms with Crippen molar-refractivity contribution in [1.29, 1.82) is 0 Å². The molecule has 1 amide bonds. The second kappa shape index (κ2) is 10.9. The summed E-state index contributed by atoms with van der Waals surface area (Å²) in [6.07, 6.45) is 0.715. The molecule has 10 nitrogen and oxygen atoms in total. The summed E-state index contributed by atoms with van der Waals surface area (Å²) in [5, 5.41) is 3.44. The number of hydrogen-bond acceptors (Lipinski definition) is 7. The number of hydrogen-bond donors (Lipinski definition) is 0. The molecule has 0 aliphatic carbocycles. The average molecular weight is 404 g/mol. The molecule has 0 N–H and O–H groups in total. The maximum Gasteiger partial charge on any atom is 0.302 e. The summed E-state index contributed by atoms with van der Waals surface area (Å²) in [5.74, 6) is -0.420. The van der Waals surface area contributed by atoms with Gasteiger partial charge in [0.25, 0.3) is 0 Å². The first-order chi connectivity index (χ1) is 13.9. The number of amides is 1. The third kappa shape index (κ3) is 6.69. The van der Waals surface area contributed by atoms with Gasteiger partial charge in [0.15, 0.2) is 6.10 Å². The number of ether oxygens (including phenoxy) is 3. The number of azide groups is 1. The SMILES string of the molecule is CC(=O)OCC(COC(C)=O)Oc1cccc2c1CCN2C(=O)CCCN=[N+]=[N-]. The molecule has 0 radical (unpaired) electrons. The highest BCUT2D eigenvalue weighted by Gasteiger charge is 2.28. The van der Waals surface area contributed by atoms with Crippen LogP contribution in [0, 0.1) is 0 Å². The van der Waals surface area contributed by atoms with Gasteiger partial charge in [-0.05, 0) is 30.5 Å². The fraction of sp³-hybridized carbons (Fsp3) is 0.526. The highest BCUT2D eigenvalue weighted by Crippen LogP contribution is 2.36. The molecule has 0 unspecified atom stereocenters. The van der Waals surface area contributed by atoms with Crippen molar-refractivity contribution in [1.82, 2.24) is 0 Å². The van der Waals surface area contributed by atoms with Gasteiger partial charge in [0, 0.05) is 43.8 Å². The maximum absolute atomic E-state index is 12.5. The Bertz CT molecular complexity index is 788. The largest absolute Gasteiger partial charge is 0.483 e. The standard InChI is InChI=1S/C19H24N4O6/c1-13(24)27-11-15(12-28-14(2)25)29-18-6-3-5-17-16(18)8-10-23(17)19(26)7-4-9-21-22-20/h3,5-6,15H,4,7-12H2,1-2H3. The van der Waals surface area contributed by atoms with Crippen LogP contribution in [0.1, 0.15) is 32.3 Å². The van der Waals surface area contributed by atoms with Crippen LogP contribution in [0.4, 0.5) is 5.69 Å². The van der Waals surface area contributed by atoms with Crippen LogP contribution in [0.2, 0.25) is 0 Å². The molecule has 10 heteroatoms. The summed E-state index contributed by atoms with van der Waals surface area (Å²) in [4.78, 5) is 39.1. The van der Waals surface area contributed by atoms with E-state index >= 15 is 0 Å². The Hall–Kier alpha value is -3.26. The fourth-order valence-electron chi connectivity index (χ4n) is 2.97. The first-order valence-corrected chi connectivity index (χ1v) is 9.29. The number of carbonyl (C=O) groups is 3. The monoisotopic (exact) mass is 404 g/mol. The minimum absolute atomic E-state index is 0.0505. The summed E-state index contributed by atoms with van der Waals surface area (Å²) >= 11 is 0. The lowest BCUT2D eigenvalue weighted by Crippen LogP contribution is -2.30. The summed E-state index contributed by atoms with van der Waals surface area (Å²) in [5.41, 5.74) is 9.93. The highest BCUT2D eigenvalue weighted by molar-refractivity contribution is 5.96. The van der Waals surface area contributed by atoms with Crippen LogP contribution in [0.3, 0.4) is 0 Å². The van der Waals surface area contributed by atoms with E-state index in [9.17, 15) is 14.4 Å². The number of fused-ring (bicyclic) bond motifs is 1. The number of nitrogens with zero attached hydrogens (tertiary/aromatic N) is 4. The summed E-state index contributed by atoms with van der Waals surface area (Å²) in [6, 6.07) is 5.38. The Morgan fingerprint density at radius 1 is 1.21 bits per heavy atom. The molecular weight excluding hydrogens is 380 g/mol. The van der Waals surface area contributed by atoms with Gasteiger partial charge in [-0.15, -0.1) is 0 Å². The van der Waals surface area contributed by atoms with E-state index in [-0.39, 0.29) is 32.1 Å². The van der Waals surface area contributed by atoms with Crippen molar-refractivity contribution in [3.8, 4) is 5.75 Å². The van der Waals surface area contributed by atoms with Crippen LogP contribution >= 0.6 is 0 Å². The molecule has 0 bridgehead atoms. The minimum atomic E-state index is -0.664. The zero-order chi connectivity index (χ0) is 21.2. The zero-order valence-corrected chi connectivity index (χ0v) is 16.5. The first kappa shape index (κ1) is 22.0. The minimum Gasteiger partial charge on any atom is -0.483 e. The van der Waals surface area contributed by atoms with Gasteiger partial charge in [0.05, 0.1) is 5.69 Å². The van der Waals surface area contributed by atoms with Gasteiger partial charge in [0.1, 0.15) is 19.0 Å². The van der Waals surface area contributed by atoms with Crippen molar-refractivity contribution >= 4 is 23.5 Å². The van der Waals surface area contributed by atoms with Gasteiger partial charge in [-0.25, -0.2) is 0 Å². The van der Waals surface area contributed by atoms with Crippen LogP contribution in [0.15, 0.2) is 23.3 Å². The van der Waals surface area contributed by atoms with E-state index in [0.717, 1.165) is 11.3 Å². The van der Waals surface area contributed by atoms with E-state index in [0.29, 0.717) is 25.1 Å². The molecule has 0 atom stereocenters. The van der Waals surface area contributed by atoms with Gasteiger partial charge in [-0.3, -0.25) is 14.4 Å². The van der Waals surface area contributed by atoms with E-state index in [1.165, 1.54) is 13.8 Å². The Balaban J connectivity index is 2.09. The third-order valence-electron chi connectivity index (χ3n) is 4.24. The van der Waals surface area contributed by atoms with Crippen LogP contribution in [0.5, 0.6) is 5.75 Å². The van der Waals surface area contributed by atoms with Crippen molar-refractivity contribution in [2.45, 2.75) is 39.2 Å². The smallest absolute Gasteiger partial charge is 0.302 e. The quantitative estimate of drug-likeness (QED) is 0.194. The number of esters is 2. The van der Waals surface area contributed by atoms with Crippen LogP contribution in [-0.4, -0.2) is 50.3 Å². The van der Waals surface area contributed by atoms with Crippen molar-refractivity contribution < 1.29 is 28.6 Å². The molecule has 0 aromatic heterocycles. The molecule has 1 heterocycles. The van der Waals surface area contributed by atoms with E-state index in [2.05, 4.69) is 10.0 Å². The molecule has 156 valence electrons. The topological polar surface area (TPSA) is 131 Å². The summed E-state index contributed by atoms with van der Waals surface area (Å²) < 4.78 is 15.9. The van der Waals surface area contributed by atoms with Crippen LogP contribution in [0.25, 0.3) is 10.4 Å². The van der Waals surface area contributed by atoms with Crippen LogP contribution in [-0.2, 0) is 30.3 Å². The summed E-state index contributed by atoms with van der Waals surface area (Å²) in [7, 11) is 0. The maximum atomic E-state index is 12.5. The lowest BCUT2D eigenvalue weighted by Gasteiger charge is -2.21. The number of carbonyl (C=O) groups excluding carboxylic acids is 3. The number of benzene rings is 1. The molecule has 29 heavy (non-hydrogen) atoms. The predicted molar refractivity (Wildman–Crippen MR) is 103 cm³/mol. The Morgan fingerprint density at radius 3 is 2.52 bits per heavy atom. The van der Waals surface area contributed by atoms with E-state index in [1.54, 1.807) is 17.0 Å². The molecule has 1 aliphatic heterocycles. The van der Waals surface area contributed by atoms with Gasteiger partial charge in [-0.1, -0.05) is 11.2 Å². The van der Waals surface area contributed by atoms with Crippen molar-refractivity contribution in [2.75, 3.05) is 31.2 Å². The van der Waals surface area contributed by atoms with Crippen molar-refractivity contribution in [3.05, 3.63) is 34.2 Å². The van der Waals surface area contributed by atoms with Crippen molar-refractivity contribution in [2.24, 2.45) is 5.11 Å². The Kier molecular flexibility index (Phi) is 8.29. The van der Waals surface area contributed by atoms with Gasteiger partial charge < -0.3 is 19.1 Å². The molecular formula is C19H24N4O6. The predicted octanol–water partition coefficient (Wildman–Crippen LogP) is 2.54. The molecule has 2 rings (SSSR count). The van der Waals surface area contributed by atoms with Crippen molar-refractivity contribution in [3.63, 3.8) is 0 Å². The third-order valence-corrected chi connectivity index (χ3v) is 4.24. The molecule has 0 saturated heterocycles. The highest BCUT2D eigenvalue weighted by atomic mass is 16.6. The van der Waals surface area contributed by atoms with E-state index < -0.39 is 18.0 Å². The molecule has 1 aromatic carbocycles. The second-order valence-corrected chi connectivity index (χ2v) is 6.45. The molecule has 1 aliphatic rings.